The molecule has 0 spiro atoms. The Hall–Kier alpha value is -1.47. The molecule has 0 aliphatic rings. The number of nitrogens with zero attached hydrogens (tertiary/aromatic N) is 3. The predicted molar refractivity (Wildman–Crippen MR) is 83.3 cm³/mol. The Morgan fingerprint density at radius 3 is 2.50 bits per heavy atom. The molecule has 0 radical (unpaired) electrons. The SMILES string of the molecule is CSc1ccc(CC(=O)Nc2nc(SC)n(C)n2)cc1. The Balaban J connectivity index is 1.97. The van der Waals surface area contributed by atoms with Crippen LogP contribution in [0.1, 0.15) is 5.56 Å². The van der Waals surface area contributed by atoms with Crippen molar-refractivity contribution in [2.45, 2.75) is 16.5 Å². The van der Waals surface area contributed by atoms with Gasteiger partial charge in [0.15, 0.2) is 5.16 Å². The average molecular weight is 308 g/mol. The highest BCUT2D eigenvalue weighted by molar-refractivity contribution is 7.98. The minimum atomic E-state index is -0.111. The van der Waals surface area contributed by atoms with Crippen molar-refractivity contribution in [1.29, 1.82) is 0 Å². The Morgan fingerprint density at radius 2 is 1.95 bits per heavy atom. The molecular formula is C13H16N4OS2. The van der Waals surface area contributed by atoms with Crippen LogP contribution in [0.5, 0.6) is 0 Å². The summed E-state index contributed by atoms with van der Waals surface area (Å²) in [6.07, 6.45) is 4.27. The molecule has 1 amide bonds. The molecule has 0 bridgehead atoms. The van der Waals surface area contributed by atoms with Gasteiger partial charge in [-0.15, -0.1) is 16.9 Å². The van der Waals surface area contributed by atoms with E-state index in [2.05, 4.69) is 15.4 Å². The van der Waals surface area contributed by atoms with Gasteiger partial charge in [0, 0.05) is 11.9 Å². The molecule has 0 saturated carbocycles. The molecular weight excluding hydrogens is 292 g/mol. The van der Waals surface area contributed by atoms with Gasteiger partial charge >= 0.3 is 0 Å². The van der Waals surface area contributed by atoms with Crippen molar-refractivity contribution in [1.82, 2.24) is 14.8 Å². The second-order valence-corrected chi connectivity index (χ2v) is 5.77. The lowest BCUT2D eigenvalue weighted by molar-refractivity contribution is -0.115. The van der Waals surface area contributed by atoms with E-state index in [0.717, 1.165) is 10.7 Å². The van der Waals surface area contributed by atoms with Gasteiger partial charge in [0.1, 0.15) is 0 Å². The van der Waals surface area contributed by atoms with Crippen LogP contribution in [-0.4, -0.2) is 33.2 Å². The lowest BCUT2D eigenvalue weighted by Crippen LogP contribution is -2.15. The highest BCUT2D eigenvalue weighted by Gasteiger charge is 2.10. The highest BCUT2D eigenvalue weighted by Crippen LogP contribution is 2.16. The summed E-state index contributed by atoms with van der Waals surface area (Å²) in [5.41, 5.74) is 0.973. The number of carbonyl (C=O) groups is 1. The van der Waals surface area contributed by atoms with Crippen molar-refractivity contribution in [2.24, 2.45) is 7.05 Å². The van der Waals surface area contributed by atoms with E-state index in [1.165, 1.54) is 16.7 Å². The van der Waals surface area contributed by atoms with E-state index in [9.17, 15) is 4.79 Å². The van der Waals surface area contributed by atoms with E-state index < -0.39 is 0 Å². The second-order valence-electron chi connectivity index (χ2n) is 4.12. The number of benzene rings is 1. The van der Waals surface area contributed by atoms with Crippen molar-refractivity contribution in [3.8, 4) is 0 Å². The number of hydrogen-bond acceptors (Lipinski definition) is 5. The minimum absolute atomic E-state index is 0.111. The number of rotatable bonds is 5. The molecule has 20 heavy (non-hydrogen) atoms. The fraction of sp³-hybridized carbons (Fsp3) is 0.308. The molecule has 1 aromatic carbocycles. The van der Waals surface area contributed by atoms with Crippen LogP contribution in [-0.2, 0) is 18.3 Å². The quantitative estimate of drug-likeness (QED) is 0.860. The molecule has 2 rings (SSSR count). The molecule has 106 valence electrons. The van der Waals surface area contributed by atoms with E-state index in [-0.39, 0.29) is 5.91 Å². The first-order valence-electron chi connectivity index (χ1n) is 6.00. The number of hydrogen-bond donors (Lipinski definition) is 1. The van der Waals surface area contributed by atoms with Crippen LogP contribution >= 0.6 is 23.5 Å². The largest absolute Gasteiger partial charge is 0.293 e. The summed E-state index contributed by atoms with van der Waals surface area (Å²) in [6.45, 7) is 0. The number of aromatic nitrogens is 3. The zero-order chi connectivity index (χ0) is 14.5. The number of carbonyl (C=O) groups excluding carboxylic acids is 1. The van der Waals surface area contributed by atoms with Crippen LogP contribution in [0.3, 0.4) is 0 Å². The monoisotopic (exact) mass is 308 g/mol. The molecule has 2 aromatic rings. The molecule has 0 atom stereocenters. The van der Waals surface area contributed by atoms with Crippen molar-refractivity contribution in [3.05, 3.63) is 29.8 Å². The maximum atomic E-state index is 11.9. The summed E-state index contributed by atoms with van der Waals surface area (Å²) in [5, 5.41) is 7.62. The summed E-state index contributed by atoms with van der Waals surface area (Å²) in [7, 11) is 1.80. The van der Waals surface area contributed by atoms with Gasteiger partial charge in [0.2, 0.25) is 11.9 Å². The van der Waals surface area contributed by atoms with E-state index in [1.807, 2.05) is 36.8 Å². The van der Waals surface area contributed by atoms with Crippen LogP contribution in [0.4, 0.5) is 5.95 Å². The number of anilines is 1. The van der Waals surface area contributed by atoms with Crippen molar-refractivity contribution in [2.75, 3.05) is 17.8 Å². The highest BCUT2D eigenvalue weighted by atomic mass is 32.2. The summed E-state index contributed by atoms with van der Waals surface area (Å²) in [5.74, 6) is 0.239. The summed E-state index contributed by atoms with van der Waals surface area (Å²) in [4.78, 5) is 17.3. The van der Waals surface area contributed by atoms with E-state index in [1.54, 1.807) is 23.5 Å². The molecule has 5 nitrogen and oxygen atoms in total. The van der Waals surface area contributed by atoms with Crippen molar-refractivity contribution >= 4 is 35.4 Å². The van der Waals surface area contributed by atoms with Crippen LogP contribution in [0.25, 0.3) is 0 Å². The van der Waals surface area contributed by atoms with Gasteiger partial charge in [0.25, 0.3) is 0 Å². The maximum Gasteiger partial charge on any atom is 0.249 e. The van der Waals surface area contributed by atoms with Gasteiger partial charge in [0.05, 0.1) is 6.42 Å². The van der Waals surface area contributed by atoms with E-state index in [0.29, 0.717) is 12.4 Å². The lowest BCUT2D eigenvalue weighted by atomic mass is 10.1. The first kappa shape index (κ1) is 14.9. The van der Waals surface area contributed by atoms with Crippen LogP contribution < -0.4 is 5.32 Å². The standard InChI is InChI=1S/C13H16N4OS2/c1-17-13(20-3)15-12(16-17)14-11(18)8-9-4-6-10(19-2)7-5-9/h4-7H,8H2,1-3H3,(H,14,16,18). The second kappa shape index (κ2) is 6.81. The van der Waals surface area contributed by atoms with Crippen molar-refractivity contribution in [3.63, 3.8) is 0 Å². The average Bonchev–Trinajstić information content (AvgIpc) is 2.79. The molecule has 1 N–H and O–H groups in total. The van der Waals surface area contributed by atoms with Gasteiger partial charge in [-0.25, -0.2) is 4.68 Å². The number of aryl methyl sites for hydroxylation is 1. The Labute approximate surface area is 126 Å². The zero-order valence-electron chi connectivity index (χ0n) is 11.6. The third-order valence-corrected chi connectivity index (χ3v) is 4.14. The van der Waals surface area contributed by atoms with E-state index >= 15 is 0 Å². The molecule has 7 heteroatoms. The van der Waals surface area contributed by atoms with Gasteiger partial charge in [-0.05, 0) is 30.2 Å². The molecule has 0 unspecified atom stereocenters. The first-order chi connectivity index (χ1) is 9.62. The maximum absolute atomic E-state index is 11.9. The molecule has 0 aliphatic heterocycles. The van der Waals surface area contributed by atoms with Gasteiger partial charge < -0.3 is 0 Å². The summed E-state index contributed by atoms with van der Waals surface area (Å²) < 4.78 is 1.65. The summed E-state index contributed by atoms with van der Waals surface area (Å²) in [6, 6.07) is 7.95. The minimum Gasteiger partial charge on any atom is -0.293 e. The zero-order valence-corrected chi connectivity index (χ0v) is 13.2. The van der Waals surface area contributed by atoms with Gasteiger partial charge in [-0.3, -0.25) is 10.1 Å². The van der Waals surface area contributed by atoms with Crippen LogP contribution in [0, 0.1) is 0 Å². The first-order valence-corrected chi connectivity index (χ1v) is 8.45. The van der Waals surface area contributed by atoms with Crippen LogP contribution in [0.15, 0.2) is 34.3 Å². The Bertz CT molecular complexity index is 595. The third-order valence-electron chi connectivity index (χ3n) is 2.68. The molecule has 0 saturated heterocycles. The van der Waals surface area contributed by atoms with Crippen molar-refractivity contribution < 1.29 is 4.79 Å². The van der Waals surface area contributed by atoms with Gasteiger partial charge in [-0.2, -0.15) is 4.98 Å². The van der Waals surface area contributed by atoms with E-state index in [4.69, 9.17) is 0 Å². The lowest BCUT2D eigenvalue weighted by Gasteiger charge is -2.02. The number of nitrogens with one attached hydrogen (secondary N) is 1. The molecule has 0 fully saturated rings. The van der Waals surface area contributed by atoms with Crippen LogP contribution in [0.2, 0.25) is 0 Å². The Kier molecular flexibility index (Phi) is 5.08. The third kappa shape index (κ3) is 3.77. The molecule has 1 aromatic heterocycles. The fourth-order valence-electron chi connectivity index (χ4n) is 1.70. The predicted octanol–water partition coefficient (Wildman–Crippen LogP) is 2.44. The molecule has 1 heterocycles. The summed E-state index contributed by atoms with van der Waals surface area (Å²) >= 11 is 3.17. The molecule has 0 aliphatic carbocycles. The number of amides is 1. The normalized spacial score (nSPS) is 10.6. The topological polar surface area (TPSA) is 59.8 Å². The van der Waals surface area contributed by atoms with Gasteiger partial charge in [-0.1, -0.05) is 23.9 Å². The smallest absolute Gasteiger partial charge is 0.249 e. The Morgan fingerprint density at radius 1 is 1.25 bits per heavy atom. The number of thioether (sulfide) groups is 2. The fourth-order valence-corrected chi connectivity index (χ4v) is 2.59.